The lowest BCUT2D eigenvalue weighted by Gasteiger charge is -2.35. The zero-order chi connectivity index (χ0) is 18.1. The maximum Gasteiger partial charge on any atom is 0.231 e. The first-order chi connectivity index (χ1) is 12.6. The molecule has 1 aromatic heterocycles. The molecule has 4 rings (SSSR count). The molecule has 1 aromatic carbocycles. The van der Waals surface area contributed by atoms with Crippen molar-refractivity contribution in [1.82, 2.24) is 9.88 Å². The van der Waals surface area contributed by atoms with E-state index in [0.29, 0.717) is 6.79 Å². The van der Waals surface area contributed by atoms with Gasteiger partial charge < -0.3 is 19.5 Å². The first-order valence-corrected chi connectivity index (χ1v) is 9.05. The van der Waals surface area contributed by atoms with Crippen LogP contribution in [0.25, 0.3) is 0 Å². The van der Waals surface area contributed by atoms with Crippen LogP contribution in [-0.4, -0.2) is 48.0 Å². The van der Waals surface area contributed by atoms with Crippen molar-refractivity contribution in [2.24, 2.45) is 0 Å². The molecule has 2 aromatic rings. The monoisotopic (exact) mass is 355 g/mol. The lowest BCUT2D eigenvalue weighted by Crippen LogP contribution is -2.41. The second-order valence-electron chi connectivity index (χ2n) is 7.07. The summed E-state index contributed by atoms with van der Waals surface area (Å²) in [6.45, 7) is 5.00. The van der Waals surface area contributed by atoms with Crippen LogP contribution in [0.2, 0.25) is 0 Å². The molecule has 0 aliphatic carbocycles. The van der Waals surface area contributed by atoms with Gasteiger partial charge in [-0.1, -0.05) is 12.1 Å². The third-order valence-corrected chi connectivity index (χ3v) is 5.20. The van der Waals surface area contributed by atoms with Crippen LogP contribution in [0.4, 0.5) is 5.82 Å². The van der Waals surface area contributed by atoms with E-state index in [0.717, 1.165) is 49.1 Å². The van der Waals surface area contributed by atoms with Gasteiger partial charge in [0.25, 0.3) is 0 Å². The number of anilines is 1. The average Bonchev–Trinajstić information content (AvgIpc) is 3.10. The van der Waals surface area contributed by atoms with E-state index < -0.39 is 0 Å². The van der Waals surface area contributed by atoms with E-state index in [4.69, 9.17) is 14.5 Å². The van der Waals surface area contributed by atoms with E-state index in [2.05, 4.69) is 34.1 Å². The van der Waals surface area contributed by atoms with Crippen molar-refractivity contribution in [3.63, 3.8) is 0 Å². The minimum atomic E-state index is 0.0719. The summed E-state index contributed by atoms with van der Waals surface area (Å²) in [6, 6.07) is 10.4. The molecule has 0 radical (unpaired) electrons. The summed E-state index contributed by atoms with van der Waals surface area (Å²) in [5.74, 6) is 2.60. The number of ether oxygens (including phenoxy) is 2. The Balaban J connectivity index is 1.59. The van der Waals surface area contributed by atoms with Gasteiger partial charge in [0, 0.05) is 37.9 Å². The molecule has 1 N–H and O–H groups in total. The number of aliphatic hydroxyl groups is 1. The summed E-state index contributed by atoms with van der Waals surface area (Å²) in [7, 11) is 2.03. The van der Waals surface area contributed by atoms with Crippen molar-refractivity contribution < 1.29 is 14.6 Å². The van der Waals surface area contributed by atoms with Crippen LogP contribution in [0.15, 0.2) is 30.3 Å². The number of hydrogen-bond donors (Lipinski definition) is 1. The van der Waals surface area contributed by atoms with Crippen molar-refractivity contribution in [3.05, 3.63) is 47.2 Å². The van der Waals surface area contributed by atoms with Gasteiger partial charge in [-0.15, -0.1) is 0 Å². The number of nitrogens with zero attached hydrogens (tertiary/aromatic N) is 3. The Bertz CT molecular complexity index is 796. The van der Waals surface area contributed by atoms with E-state index in [1.54, 1.807) is 0 Å². The summed E-state index contributed by atoms with van der Waals surface area (Å²) < 4.78 is 10.9. The first-order valence-electron chi connectivity index (χ1n) is 9.05. The quantitative estimate of drug-likeness (QED) is 0.912. The minimum absolute atomic E-state index is 0.0719. The number of pyridine rings is 1. The Labute approximate surface area is 154 Å². The highest BCUT2D eigenvalue weighted by Gasteiger charge is 2.24. The summed E-state index contributed by atoms with van der Waals surface area (Å²) in [5, 5.41) is 9.84. The lowest BCUT2D eigenvalue weighted by molar-refractivity contribution is 0.174. The highest BCUT2D eigenvalue weighted by atomic mass is 16.7. The number of likely N-dealkylation sites (N-methyl/N-ethyl adjacent to an activating group) is 1. The number of benzene rings is 1. The number of fused-ring (bicyclic) bond motifs is 2. The average molecular weight is 355 g/mol. The molecule has 0 spiro atoms. The predicted octanol–water partition coefficient (Wildman–Crippen LogP) is 2.32. The molecular weight excluding hydrogens is 330 g/mol. The van der Waals surface area contributed by atoms with Gasteiger partial charge in [-0.2, -0.15) is 0 Å². The van der Waals surface area contributed by atoms with Gasteiger partial charge >= 0.3 is 0 Å². The highest BCUT2D eigenvalue weighted by Crippen LogP contribution is 2.33. The number of aromatic nitrogens is 1. The molecule has 138 valence electrons. The summed E-state index contributed by atoms with van der Waals surface area (Å²) in [4.78, 5) is 9.27. The molecule has 0 amide bonds. The Morgan fingerprint density at radius 2 is 2.04 bits per heavy atom. The molecule has 26 heavy (non-hydrogen) atoms. The number of rotatable bonds is 3. The molecule has 6 nitrogen and oxygen atoms in total. The molecule has 0 saturated carbocycles. The van der Waals surface area contributed by atoms with E-state index in [1.807, 2.05) is 20.0 Å². The Kier molecular flexibility index (Phi) is 4.70. The second kappa shape index (κ2) is 7.13. The molecular formula is C20H25N3O3. The molecule has 0 unspecified atom stereocenters. The van der Waals surface area contributed by atoms with Crippen LogP contribution in [0.5, 0.6) is 11.5 Å². The van der Waals surface area contributed by atoms with Crippen LogP contribution in [0.3, 0.4) is 0 Å². The minimum Gasteiger partial charge on any atom is -0.454 e. The standard InChI is InChI=1S/C20H25N3O3/c1-14-3-5-16-11-23(8-7-17(12-24)22(2)20(16)21-14)10-15-4-6-18-19(9-15)26-13-25-18/h3-6,9,17,24H,7-8,10-13H2,1-2H3/t17-/m0/s1. The maximum absolute atomic E-state index is 9.84. The van der Waals surface area contributed by atoms with Crippen LogP contribution in [-0.2, 0) is 13.1 Å². The topological polar surface area (TPSA) is 58.1 Å². The molecule has 0 bridgehead atoms. The normalized spacial score (nSPS) is 19.8. The van der Waals surface area contributed by atoms with Crippen LogP contribution in [0.1, 0.15) is 23.2 Å². The van der Waals surface area contributed by atoms with Gasteiger partial charge in [-0.05, 0) is 37.1 Å². The summed E-state index contributed by atoms with van der Waals surface area (Å²) in [5.41, 5.74) is 3.39. The fourth-order valence-corrected chi connectivity index (χ4v) is 3.67. The highest BCUT2D eigenvalue weighted by molar-refractivity contribution is 5.49. The smallest absolute Gasteiger partial charge is 0.231 e. The van der Waals surface area contributed by atoms with Crippen molar-refractivity contribution >= 4 is 5.82 Å². The summed E-state index contributed by atoms with van der Waals surface area (Å²) >= 11 is 0. The fraction of sp³-hybridized carbons (Fsp3) is 0.450. The van der Waals surface area contributed by atoms with Gasteiger partial charge in [-0.25, -0.2) is 4.98 Å². The third-order valence-electron chi connectivity index (χ3n) is 5.20. The van der Waals surface area contributed by atoms with Gasteiger partial charge in [0.05, 0.1) is 12.6 Å². The molecule has 2 aliphatic rings. The SMILES string of the molecule is Cc1ccc2c(n1)N(C)[C@H](CO)CCN(Cc1ccc3c(c1)OCO3)C2. The van der Waals surface area contributed by atoms with Crippen molar-refractivity contribution in [3.8, 4) is 11.5 Å². The van der Waals surface area contributed by atoms with Crippen molar-refractivity contribution in [2.45, 2.75) is 32.5 Å². The van der Waals surface area contributed by atoms with Gasteiger partial charge in [0.1, 0.15) is 5.82 Å². The van der Waals surface area contributed by atoms with E-state index >= 15 is 0 Å². The van der Waals surface area contributed by atoms with E-state index in [1.165, 1.54) is 11.1 Å². The van der Waals surface area contributed by atoms with Crippen LogP contribution >= 0.6 is 0 Å². The van der Waals surface area contributed by atoms with Gasteiger partial charge in [0.15, 0.2) is 11.5 Å². The Morgan fingerprint density at radius 3 is 2.88 bits per heavy atom. The number of aliphatic hydroxyl groups excluding tert-OH is 1. The van der Waals surface area contributed by atoms with Crippen molar-refractivity contribution in [2.75, 3.05) is 31.9 Å². The predicted molar refractivity (Wildman–Crippen MR) is 99.5 cm³/mol. The molecule has 1 atom stereocenters. The number of hydrogen-bond acceptors (Lipinski definition) is 6. The number of aryl methyl sites for hydroxylation is 1. The molecule has 3 heterocycles. The zero-order valence-electron chi connectivity index (χ0n) is 15.3. The Hall–Kier alpha value is -2.31. The van der Waals surface area contributed by atoms with Gasteiger partial charge in [0.2, 0.25) is 6.79 Å². The van der Waals surface area contributed by atoms with Crippen molar-refractivity contribution in [1.29, 1.82) is 0 Å². The van der Waals surface area contributed by atoms with Crippen LogP contribution < -0.4 is 14.4 Å². The van der Waals surface area contributed by atoms with E-state index in [-0.39, 0.29) is 12.6 Å². The maximum atomic E-state index is 9.84. The Morgan fingerprint density at radius 1 is 1.19 bits per heavy atom. The molecule has 2 aliphatic heterocycles. The van der Waals surface area contributed by atoms with Gasteiger partial charge in [-0.3, -0.25) is 4.90 Å². The van der Waals surface area contributed by atoms with Crippen LogP contribution in [0, 0.1) is 6.92 Å². The zero-order valence-corrected chi connectivity index (χ0v) is 15.3. The molecule has 6 heteroatoms. The second-order valence-corrected chi connectivity index (χ2v) is 7.07. The molecule has 0 saturated heterocycles. The van der Waals surface area contributed by atoms with E-state index in [9.17, 15) is 5.11 Å². The lowest BCUT2D eigenvalue weighted by atomic mass is 10.1. The summed E-state index contributed by atoms with van der Waals surface area (Å²) in [6.07, 6.45) is 0.895. The first kappa shape index (κ1) is 17.1. The molecule has 0 fully saturated rings. The fourth-order valence-electron chi connectivity index (χ4n) is 3.67. The largest absolute Gasteiger partial charge is 0.454 e. The third kappa shape index (κ3) is 3.34.